The van der Waals surface area contributed by atoms with Gasteiger partial charge in [0.15, 0.2) is 0 Å². The number of fused-ring (bicyclic) bond motifs is 3. The van der Waals surface area contributed by atoms with Crippen molar-refractivity contribution in [2.45, 2.75) is 119 Å². The van der Waals surface area contributed by atoms with Crippen molar-refractivity contribution in [3.63, 3.8) is 0 Å². The van der Waals surface area contributed by atoms with Gasteiger partial charge in [-0.05, 0) is 106 Å². The van der Waals surface area contributed by atoms with Crippen molar-refractivity contribution in [2.75, 3.05) is 0 Å². The molecule has 5 aliphatic rings. The van der Waals surface area contributed by atoms with E-state index in [0.29, 0.717) is 48.6 Å². The zero-order valence-electron chi connectivity index (χ0n) is 29.0. The zero-order chi connectivity index (χ0) is 36.5. The van der Waals surface area contributed by atoms with Gasteiger partial charge in [0.05, 0.1) is 5.25 Å². The highest BCUT2D eigenvalue weighted by Crippen LogP contribution is 2.46. The standard InChI is InChI=1S/C38H45ClN4O8S/c39-27-10-8-13-29(21-27)50-30-16-15-24-23-43-33(20-25(24)19-30)34(44)41-38(36(46)42-52(48,49)31-17-18-31)22-26(38)9-4-2-1-3-5-14-32(35(43)45)40-37(47)51-28-11-6-7-12-28/h4,8-10,13,15-16,19,21,26,28,31-33H,1-3,5-7,11-12,14,17-18,20,22-23H2,(H,40,47)(H,41,44)(H,42,46)/b9-4-/t26-,32+,33-,38-/m1/s1. The van der Waals surface area contributed by atoms with E-state index in [9.17, 15) is 27.6 Å². The zero-order valence-corrected chi connectivity index (χ0v) is 30.6. The Bertz CT molecular complexity index is 1860. The lowest BCUT2D eigenvalue weighted by Gasteiger charge is -2.39. The van der Waals surface area contributed by atoms with Crippen LogP contribution in [0.25, 0.3) is 0 Å². The smallest absolute Gasteiger partial charge is 0.408 e. The van der Waals surface area contributed by atoms with Crippen molar-refractivity contribution in [1.82, 2.24) is 20.3 Å². The van der Waals surface area contributed by atoms with Crippen LogP contribution in [0.2, 0.25) is 5.02 Å². The summed E-state index contributed by atoms with van der Waals surface area (Å²) >= 11 is 6.16. The largest absolute Gasteiger partial charge is 0.457 e. The van der Waals surface area contributed by atoms with Gasteiger partial charge in [0.25, 0.3) is 5.91 Å². The topological polar surface area (TPSA) is 160 Å². The fourth-order valence-corrected chi connectivity index (χ4v) is 9.11. The number of rotatable bonds is 7. The number of halogens is 1. The quantitative estimate of drug-likeness (QED) is 0.316. The summed E-state index contributed by atoms with van der Waals surface area (Å²) in [6, 6.07) is 10.4. The number of nitrogens with zero attached hydrogens (tertiary/aromatic N) is 1. The number of alkyl carbamates (subject to hydrolysis) is 1. The molecule has 3 N–H and O–H groups in total. The maximum absolute atomic E-state index is 14.5. The molecule has 0 spiro atoms. The number of carbonyl (C=O) groups excluding carboxylic acids is 4. The third-order valence-corrected chi connectivity index (χ3v) is 12.8. The minimum absolute atomic E-state index is 0.0676. The van der Waals surface area contributed by atoms with Crippen LogP contribution in [-0.4, -0.2) is 66.1 Å². The first kappa shape index (κ1) is 36.3. The fraction of sp³-hybridized carbons (Fsp3) is 0.526. The van der Waals surface area contributed by atoms with Crippen molar-refractivity contribution < 1.29 is 37.1 Å². The summed E-state index contributed by atoms with van der Waals surface area (Å²) in [6.45, 7) is 0.0676. The number of amides is 4. The maximum Gasteiger partial charge on any atom is 0.408 e. The van der Waals surface area contributed by atoms with Crippen LogP contribution in [0.4, 0.5) is 4.79 Å². The molecule has 3 fully saturated rings. The SMILES string of the molecule is O=C(N[C@H]1CCCCC/C=C\[C@@H]2C[C@@]2(C(=O)NS(=O)(=O)C2CC2)NC(=O)[C@H]2Cc3cc(Oc4cccc(Cl)c4)ccc3CN2C1=O)OC1CCCC1. The summed E-state index contributed by atoms with van der Waals surface area (Å²) in [5, 5.41) is 5.64. The average molecular weight is 753 g/mol. The van der Waals surface area contributed by atoms with Crippen LogP contribution in [0.3, 0.4) is 0 Å². The Balaban J connectivity index is 1.19. The molecule has 0 saturated heterocycles. The average Bonchev–Trinajstić information content (AvgIpc) is 4.03. The predicted molar refractivity (Wildman–Crippen MR) is 193 cm³/mol. The first-order chi connectivity index (χ1) is 25.0. The van der Waals surface area contributed by atoms with Crippen LogP contribution in [0.1, 0.15) is 88.2 Å². The van der Waals surface area contributed by atoms with Crippen LogP contribution in [-0.2, 0) is 42.1 Å². The molecule has 12 nitrogen and oxygen atoms in total. The van der Waals surface area contributed by atoms with Gasteiger partial charge in [-0.25, -0.2) is 13.2 Å². The van der Waals surface area contributed by atoms with E-state index in [0.717, 1.165) is 49.7 Å². The van der Waals surface area contributed by atoms with Gasteiger partial charge in [-0.2, -0.15) is 0 Å². The Morgan fingerprint density at radius 1 is 0.923 bits per heavy atom. The molecule has 2 aromatic rings. The van der Waals surface area contributed by atoms with E-state index >= 15 is 0 Å². The van der Waals surface area contributed by atoms with E-state index in [1.54, 1.807) is 30.3 Å². The van der Waals surface area contributed by atoms with E-state index in [-0.39, 0.29) is 25.5 Å². The second kappa shape index (κ2) is 15.1. The third-order valence-electron chi connectivity index (χ3n) is 10.8. The molecule has 278 valence electrons. The third kappa shape index (κ3) is 8.25. The van der Waals surface area contributed by atoms with E-state index in [1.165, 1.54) is 4.90 Å². The molecular formula is C38H45ClN4O8S. The molecule has 7 rings (SSSR count). The molecule has 0 unspecified atom stereocenters. The van der Waals surface area contributed by atoms with Crippen molar-refractivity contribution in [2.24, 2.45) is 5.92 Å². The van der Waals surface area contributed by atoms with Gasteiger partial charge < -0.3 is 25.0 Å². The number of ether oxygens (including phenoxy) is 2. The lowest BCUT2D eigenvalue weighted by atomic mass is 9.91. The second-order valence-corrected chi connectivity index (χ2v) is 17.1. The van der Waals surface area contributed by atoms with E-state index < -0.39 is 62.6 Å². The van der Waals surface area contributed by atoms with Gasteiger partial charge in [0, 0.05) is 23.9 Å². The van der Waals surface area contributed by atoms with E-state index in [1.807, 2.05) is 24.3 Å². The predicted octanol–water partition coefficient (Wildman–Crippen LogP) is 5.43. The van der Waals surface area contributed by atoms with Gasteiger partial charge in [0.2, 0.25) is 21.8 Å². The second-order valence-electron chi connectivity index (χ2n) is 14.7. The van der Waals surface area contributed by atoms with Gasteiger partial charge in [-0.3, -0.25) is 19.1 Å². The van der Waals surface area contributed by atoms with Gasteiger partial charge in [-0.15, -0.1) is 0 Å². The number of carbonyl (C=O) groups is 4. The molecular weight excluding hydrogens is 708 g/mol. The first-order valence-electron chi connectivity index (χ1n) is 18.4. The summed E-state index contributed by atoms with van der Waals surface area (Å²) in [6.07, 6.45) is 11.2. The van der Waals surface area contributed by atoms with Crippen LogP contribution in [0, 0.1) is 5.92 Å². The first-order valence-corrected chi connectivity index (χ1v) is 20.3. The van der Waals surface area contributed by atoms with E-state index in [4.69, 9.17) is 21.1 Å². The molecule has 2 aliphatic heterocycles. The van der Waals surface area contributed by atoms with Crippen molar-refractivity contribution in [1.29, 1.82) is 0 Å². The fourth-order valence-electron chi connectivity index (χ4n) is 7.56. The van der Waals surface area contributed by atoms with Gasteiger partial charge in [-0.1, -0.05) is 48.7 Å². The maximum atomic E-state index is 14.5. The molecule has 2 heterocycles. The Labute approximate surface area is 309 Å². The van der Waals surface area contributed by atoms with Gasteiger partial charge >= 0.3 is 6.09 Å². The molecule has 3 saturated carbocycles. The lowest BCUT2D eigenvalue weighted by molar-refractivity contribution is -0.144. The Morgan fingerprint density at radius 3 is 2.46 bits per heavy atom. The molecule has 2 aromatic carbocycles. The van der Waals surface area contributed by atoms with Crippen molar-refractivity contribution in [3.05, 3.63) is 70.8 Å². The monoisotopic (exact) mass is 752 g/mol. The highest BCUT2D eigenvalue weighted by atomic mass is 35.5. The van der Waals surface area contributed by atoms with Crippen LogP contribution < -0.4 is 20.1 Å². The summed E-state index contributed by atoms with van der Waals surface area (Å²) in [4.78, 5) is 57.3. The lowest BCUT2D eigenvalue weighted by Crippen LogP contribution is -2.61. The molecule has 4 amide bonds. The highest BCUT2D eigenvalue weighted by molar-refractivity contribution is 7.91. The summed E-state index contributed by atoms with van der Waals surface area (Å²) in [5.41, 5.74) is 0.0930. The summed E-state index contributed by atoms with van der Waals surface area (Å²) in [7, 11) is -3.88. The Morgan fingerprint density at radius 2 is 1.69 bits per heavy atom. The number of nitrogens with one attached hydrogen (secondary N) is 3. The summed E-state index contributed by atoms with van der Waals surface area (Å²) in [5.74, 6) is -1.14. The minimum atomic E-state index is -3.88. The molecule has 4 atom stereocenters. The summed E-state index contributed by atoms with van der Waals surface area (Å²) < 4.78 is 39.6. The highest BCUT2D eigenvalue weighted by Gasteiger charge is 2.62. The normalized spacial score (nSPS) is 27.4. The molecule has 3 aliphatic carbocycles. The van der Waals surface area contributed by atoms with Crippen LogP contribution in [0.15, 0.2) is 54.6 Å². The van der Waals surface area contributed by atoms with Crippen LogP contribution in [0.5, 0.6) is 11.5 Å². The number of hydrogen-bond acceptors (Lipinski definition) is 8. The molecule has 0 radical (unpaired) electrons. The van der Waals surface area contributed by atoms with Crippen molar-refractivity contribution >= 4 is 45.4 Å². The van der Waals surface area contributed by atoms with Gasteiger partial charge in [0.1, 0.15) is 35.2 Å². The molecule has 0 aromatic heterocycles. The number of hydrogen-bond donors (Lipinski definition) is 3. The number of benzene rings is 2. The van der Waals surface area contributed by atoms with Crippen molar-refractivity contribution in [3.8, 4) is 11.5 Å². The van der Waals surface area contributed by atoms with E-state index in [2.05, 4.69) is 15.4 Å². The minimum Gasteiger partial charge on any atom is -0.457 e. The molecule has 14 heteroatoms. The Kier molecular flexibility index (Phi) is 10.5. The molecule has 52 heavy (non-hydrogen) atoms. The van der Waals surface area contributed by atoms with Crippen LogP contribution >= 0.6 is 11.6 Å². The number of sulfonamides is 1. The number of allylic oxidation sites excluding steroid dienone is 1. The molecule has 0 bridgehead atoms. The Hall–Kier alpha value is -4.10.